The van der Waals surface area contributed by atoms with Crippen molar-refractivity contribution in [3.8, 4) is 5.69 Å². The monoisotopic (exact) mass is 256 g/mol. The van der Waals surface area contributed by atoms with Crippen molar-refractivity contribution >= 4 is 0 Å². The van der Waals surface area contributed by atoms with Crippen LogP contribution in [0.3, 0.4) is 0 Å². The van der Waals surface area contributed by atoms with Crippen molar-refractivity contribution in [3.05, 3.63) is 42.5 Å². The van der Waals surface area contributed by atoms with Crippen LogP contribution in [0.15, 0.2) is 36.9 Å². The van der Waals surface area contributed by atoms with E-state index in [2.05, 4.69) is 28.3 Å². The fraction of sp³-hybridized carbons (Fsp3) is 0.467. The quantitative estimate of drug-likeness (QED) is 0.917. The normalized spacial score (nSPS) is 18.4. The number of benzene rings is 1. The van der Waals surface area contributed by atoms with E-state index in [1.165, 1.54) is 37.7 Å². The lowest BCUT2D eigenvalue weighted by atomic mass is 9.69. The van der Waals surface area contributed by atoms with Gasteiger partial charge in [-0.2, -0.15) is 5.10 Å². The first-order valence-corrected chi connectivity index (χ1v) is 7.00. The molecule has 0 atom stereocenters. The van der Waals surface area contributed by atoms with Gasteiger partial charge in [0.15, 0.2) is 0 Å². The van der Waals surface area contributed by atoms with Gasteiger partial charge in [0, 0.05) is 12.0 Å². The van der Waals surface area contributed by atoms with Crippen molar-refractivity contribution in [2.24, 2.45) is 5.73 Å². The molecule has 1 fully saturated rings. The molecule has 0 saturated heterocycles. The zero-order chi connectivity index (χ0) is 13.1. The summed E-state index contributed by atoms with van der Waals surface area (Å²) in [6.45, 7) is 0.707. The zero-order valence-electron chi connectivity index (χ0n) is 11.1. The first-order chi connectivity index (χ1) is 9.36. The Balaban J connectivity index is 2.09. The SMILES string of the molecule is NCC1(c2ccccc2-n2cncn2)CCCCC1. The summed E-state index contributed by atoms with van der Waals surface area (Å²) in [6.07, 6.45) is 9.54. The first kappa shape index (κ1) is 12.4. The molecule has 0 radical (unpaired) electrons. The van der Waals surface area contributed by atoms with Crippen LogP contribution in [0.25, 0.3) is 5.69 Å². The van der Waals surface area contributed by atoms with Crippen molar-refractivity contribution in [2.45, 2.75) is 37.5 Å². The summed E-state index contributed by atoms with van der Waals surface area (Å²) in [7, 11) is 0. The zero-order valence-corrected chi connectivity index (χ0v) is 11.1. The number of hydrogen-bond acceptors (Lipinski definition) is 3. The smallest absolute Gasteiger partial charge is 0.138 e. The van der Waals surface area contributed by atoms with E-state index in [4.69, 9.17) is 5.73 Å². The summed E-state index contributed by atoms with van der Waals surface area (Å²) in [5.74, 6) is 0. The molecule has 1 heterocycles. The minimum Gasteiger partial charge on any atom is -0.330 e. The summed E-state index contributed by atoms with van der Waals surface area (Å²) in [5, 5.41) is 4.27. The maximum atomic E-state index is 6.15. The van der Waals surface area contributed by atoms with E-state index >= 15 is 0 Å². The third-order valence-electron chi connectivity index (χ3n) is 4.34. The minimum atomic E-state index is 0.112. The molecule has 1 aromatic carbocycles. The fourth-order valence-corrected chi connectivity index (χ4v) is 3.27. The molecule has 1 saturated carbocycles. The van der Waals surface area contributed by atoms with Gasteiger partial charge in [0.1, 0.15) is 12.7 Å². The highest BCUT2D eigenvalue weighted by Gasteiger charge is 2.34. The molecule has 0 unspecified atom stereocenters. The third-order valence-corrected chi connectivity index (χ3v) is 4.34. The number of hydrogen-bond donors (Lipinski definition) is 1. The maximum Gasteiger partial charge on any atom is 0.138 e. The molecule has 1 aliphatic carbocycles. The van der Waals surface area contributed by atoms with E-state index < -0.39 is 0 Å². The van der Waals surface area contributed by atoms with Crippen LogP contribution in [-0.2, 0) is 5.41 Å². The molecular weight excluding hydrogens is 236 g/mol. The van der Waals surface area contributed by atoms with Gasteiger partial charge in [0.2, 0.25) is 0 Å². The molecule has 0 amide bonds. The molecule has 1 aromatic heterocycles. The molecular formula is C15H20N4. The van der Waals surface area contributed by atoms with Crippen LogP contribution in [-0.4, -0.2) is 21.3 Å². The summed E-state index contributed by atoms with van der Waals surface area (Å²) in [4.78, 5) is 4.05. The molecule has 4 nitrogen and oxygen atoms in total. The van der Waals surface area contributed by atoms with E-state index in [0.717, 1.165) is 5.69 Å². The van der Waals surface area contributed by atoms with E-state index in [1.54, 1.807) is 12.7 Å². The molecule has 4 heteroatoms. The lowest BCUT2D eigenvalue weighted by molar-refractivity contribution is 0.300. The highest BCUT2D eigenvalue weighted by Crippen LogP contribution is 2.40. The van der Waals surface area contributed by atoms with Crippen LogP contribution in [0.5, 0.6) is 0 Å². The Labute approximate surface area is 113 Å². The predicted octanol–water partition coefficient (Wildman–Crippen LogP) is 2.43. The van der Waals surface area contributed by atoms with Crippen LogP contribution in [0.4, 0.5) is 0 Å². The maximum absolute atomic E-state index is 6.15. The van der Waals surface area contributed by atoms with Crippen LogP contribution in [0, 0.1) is 0 Å². The van der Waals surface area contributed by atoms with Crippen molar-refractivity contribution in [2.75, 3.05) is 6.54 Å². The molecule has 0 aliphatic heterocycles. The topological polar surface area (TPSA) is 56.7 Å². The molecule has 0 spiro atoms. The van der Waals surface area contributed by atoms with Crippen molar-refractivity contribution < 1.29 is 0 Å². The second-order valence-corrected chi connectivity index (χ2v) is 5.40. The van der Waals surface area contributed by atoms with Crippen molar-refractivity contribution in [1.29, 1.82) is 0 Å². The van der Waals surface area contributed by atoms with Gasteiger partial charge in [-0.15, -0.1) is 0 Å². The molecule has 100 valence electrons. The first-order valence-electron chi connectivity index (χ1n) is 7.00. The van der Waals surface area contributed by atoms with E-state index in [9.17, 15) is 0 Å². The average molecular weight is 256 g/mol. The highest BCUT2D eigenvalue weighted by atomic mass is 15.3. The van der Waals surface area contributed by atoms with E-state index in [-0.39, 0.29) is 5.41 Å². The number of para-hydroxylation sites is 1. The Hall–Kier alpha value is -1.68. The minimum absolute atomic E-state index is 0.112. The van der Waals surface area contributed by atoms with Crippen LogP contribution in [0.2, 0.25) is 0 Å². The summed E-state index contributed by atoms with van der Waals surface area (Å²) >= 11 is 0. The van der Waals surface area contributed by atoms with Gasteiger partial charge >= 0.3 is 0 Å². The Morgan fingerprint density at radius 2 is 1.95 bits per heavy atom. The third kappa shape index (κ3) is 2.16. The van der Waals surface area contributed by atoms with Crippen molar-refractivity contribution in [1.82, 2.24) is 14.8 Å². The van der Waals surface area contributed by atoms with Gasteiger partial charge in [-0.1, -0.05) is 37.5 Å². The standard InChI is InChI=1S/C15H20N4/c16-10-15(8-4-1-5-9-15)13-6-2-3-7-14(13)19-12-17-11-18-19/h2-3,6-7,11-12H,1,4-5,8-10,16H2. The van der Waals surface area contributed by atoms with Gasteiger partial charge in [0.05, 0.1) is 5.69 Å². The van der Waals surface area contributed by atoms with Gasteiger partial charge in [-0.05, 0) is 24.5 Å². The lowest BCUT2D eigenvalue weighted by Gasteiger charge is -2.38. The molecule has 2 aromatic rings. The van der Waals surface area contributed by atoms with Crippen molar-refractivity contribution in [3.63, 3.8) is 0 Å². The highest BCUT2D eigenvalue weighted by molar-refractivity contribution is 5.45. The summed E-state index contributed by atoms with van der Waals surface area (Å²) in [5.41, 5.74) is 8.70. The Morgan fingerprint density at radius 1 is 1.16 bits per heavy atom. The van der Waals surface area contributed by atoms with Crippen LogP contribution < -0.4 is 5.73 Å². The molecule has 19 heavy (non-hydrogen) atoms. The summed E-state index contributed by atoms with van der Waals surface area (Å²) < 4.78 is 1.85. The largest absolute Gasteiger partial charge is 0.330 e. The summed E-state index contributed by atoms with van der Waals surface area (Å²) in [6, 6.07) is 8.46. The number of nitrogens with two attached hydrogens (primary N) is 1. The number of nitrogens with zero attached hydrogens (tertiary/aromatic N) is 3. The van der Waals surface area contributed by atoms with E-state index in [1.807, 2.05) is 10.7 Å². The van der Waals surface area contributed by atoms with Gasteiger partial charge in [0.25, 0.3) is 0 Å². The van der Waals surface area contributed by atoms with Crippen LogP contribution >= 0.6 is 0 Å². The molecule has 2 N–H and O–H groups in total. The number of aromatic nitrogens is 3. The van der Waals surface area contributed by atoms with Gasteiger partial charge in [-0.3, -0.25) is 0 Å². The lowest BCUT2D eigenvalue weighted by Crippen LogP contribution is -2.38. The second-order valence-electron chi connectivity index (χ2n) is 5.40. The number of rotatable bonds is 3. The predicted molar refractivity (Wildman–Crippen MR) is 75.2 cm³/mol. The second kappa shape index (κ2) is 5.13. The van der Waals surface area contributed by atoms with E-state index in [0.29, 0.717) is 6.54 Å². The Morgan fingerprint density at radius 3 is 2.63 bits per heavy atom. The van der Waals surface area contributed by atoms with Gasteiger partial charge < -0.3 is 5.73 Å². The molecule has 3 rings (SSSR count). The van der Waals surface area contributed by atoms with Crippen LogP contribution in [0.1, 0.15) is 37.7 Å². The fourth-order valence-electron chi connectivity index (χ4n) is 3.27. The average Bonchev–Trinajstić information content (AvgIpc) is 3.02. The molecule has 0 bridgehead atoms. The Kier molecular flexibility index (Phi) is 3.34. The van der Waals surface area contributed by atoms with Gasteiger partial charge in [-0.25, -0.2) is 9.67 Å². The Bertz CT molecular complexity index is 527. The molecule has 1 aliphatic rings.